The Bertz CT molecular complexity index is 532. The van der Waals surface area contributed by atoms with Gasteiger partial charge in [-0.3, -0.25) is 0 Å². The first kappa shape index (κ1) is 18.9. The number of ether oxygens (including phenoxy) is 2. The molecule has 0 bridgehead atoms. The Balaban J connectivity index is 2.42. The van der Waals surface area contributed by atoms with E-state index in [9.17, 15) is 9.59 Å². The standard InChI is InChI=1S/C19H26O4/c1-4-8-16-10-5-6-11-17(16)23-19(21)13-12-18(20)22-14-7-9-15(2)3/h5-6,10-13,15H,4,7-9,14H2,1-3H3/b13-12+. The average molecular weight is 318 g/mol. The third kappa shape index (κ3) is 8.19. The monoisotopic (exact) mass is 318 g/mol. The molecule has 0 atom stereocenters. The summed E-state index contributed by atoms with van der Waals surface area (Å²) in [7, 11) is 0. The number of esters is 2. The fourth-order valence-electron chi connectivity index (χ4n) is 2.07. The Morgan fingerprint density at radius 3 is 2.52 bits per heavy atom. The molecule has 0 aliphatic heterocycles. The summed E-state index contributed by atoms with van der Waals surface area (Å²) in [4.78, 5) is 23.3. The lowest BCUT2D eigenvalue weighted by atomic mass is 10.1. The number of benzene rings is 1. The zero-order valence-electron chi connectivity index (χ0n) is 14.2. The van der Waals surface area contributed by atoms with Crippen LogP contribution < -0.4 is 4.74 Å². The molecule has 0 amide bonds. The van der Waals surface area contributed by atoms with E-state index in [-0.39, 0.29) is 0 Å². The lowest BCUT2D eigenvalue weighted by Crippen LogP contribution is -2.08. The van der Waals surface area contributed by atoms with E-state index in [4.69, 9.17) is 9.47 Å². The molecule has 4 nitrogen and oxygen atoms in total. The molecule has 0 saturated heterocycles. The molecule has 4 heteroatoms. The van der Waals surface area contributed by atoms with Crippen LogP contribution in [0.1, 0.15) is 45.6 Å². The number of rotatable bonds is 9. The Hall–Kier alpha value is -2.10. The minimum atomic E-state index is -0.576. The summed E-state index contributed by atoms with van der Waals surface area (Å²) in [6.07, 6.45) is 5.85. The molecule has 0 N–H and O–H groups in total. The van der Waals surface area contributed by atoms with Gasteiger partial charge in [-0.15, -0.1) is 0 Å². The molecule has 23 heavy (non-hydrogen) atoms. The molecule has 0 radical (unpaired) electrons. The van der Waals surface area contributed by atoms with Gasteiger partial charge < -0.3 is 9.47 Å². The van der Waals surface area contributed by atoms with Gasteiger partial charge in [0, 0.05) is 12.2 Å². The van der Waals surface area contributed by atoms with Crippen molar-refractivity contribution in [2.45, 2.75) is 46.5 Å². The van der Waals surface area contributed by atoms with Gasteiger partial charge in [0.25, 0.3) is 0 Å². The molecule has 0 spiro atoms. The van der Waals surface area contributed by atoms with Crippen LogP contribution in [0.5, 0.6) is 5.75 Å². The minimum absolute atomic E-state index is 0.371. The quantitative estimate of drug-likeness (QED) is 0.298. The van der Waals surface area contributed by atoms with Crippen molar-refractivity contribution in [1.82, 2.24) is 0 Å². The normalized spacial score (nSPS) is 11.0. The maximum atomic E-state index is 11.8. The third-order valence-corrected chi connectivity index (χ3v) is 3.23. The van der Waals surface area contributed by atoms with Gasteiger partial charge >= 0.3 is 11.9 Å². The summed E-state index contributed by atoms with van der Waals surface area (Å²) in [5, 5.41) is 0. The second-order valence-corrected chi connectivity index (χ2v) is 5.82. The molecule has 0 aromatic heterocycles. The van der Waals surface area contributed by atoms with Crippen molar-refractivity contribution in [3.63, 3.8) is 0 Å². The van der Waals surface area contributed by atoms with Crippen molar-refractivity contribution in [2.75, 3.05) is 6.61 Å². The first-order valence-electron chi connectivity index (χ1n) is 8.17. The molecular weight excluding hydrogens is 292 g/mol. The maximum Gasteiger partial charge on any atom is 0.336 e. The smallest absolute Gasteiger partial charge is 0.336 e. The Morgan fingerprint density at radius 2 is 1.83 bits per heavy atom. The highest BCUT2D eigenvalue weighted by Crippen LogP contribution is 2.19. The fraction of sp³-hybridized carbons (Fsp3) is 0.474. The summed E-state index contributed by atoms with van der Waals surface area (Å²) in [6.45, 7) is 6.67. The van der Waals surface area contributed by atoms with E-state index >= 15 is 0 Å². The highest BCUT2D eigenvalue weighted by molar-refractivity contribution is 5.92. The number of para-hydroxylation sites is 1. The van der Waals surface area contributed by atoms with E-state index in [2.05, 4.69) is 20.8 Å². The molecule has 0 aliphatic carbocycles. The molecule has 0 heterocycles. The zero-order chi connectivity index (χ0) is 17.1. The van der Waals surface area contributed by atoms with Gasteiger partial charge in [0.15, 0.2) is 0 Å². The van der Waals surface area contributed by atoms with Gasteiger partial charge in [-0.2, -0.15) is 0 Å². The predicted octanol–water partition coefficient (Wildman–Crippen LogP) is 4.08. The average Bonchev–Trinajstić information content (AvgIpc) is 2.51. The van der Waals surface area contributed by atoms with Crippen molar-refractivity contribution in [3.05, 3.63) is 42.0 Å². The van der Waals surface area contributed by atoms with Crippen LogP contribution in [0.15, 0.2) is 36.4 Å². The number of carbonyl (C=O) groups is 2. The van der Waals surface area contributed by atoms with Crippen molar-refractivity contribution in [2.24, 2.45) is 5.92 Å². The summed E-state index contributed by atoms with van der Waals surface area (Å²) in [5.74, 6) is 0.0249. The Morgan fingerprint density at radius 1 is 1.13 bits per heavy atom. The first-order chi connectivity index (χ1) is 11.0. The Labute approximate surface area is 138 Å². The number of hydrogen-bond acceptors (Lipinski definition) is 4. The van der Waals surface area contributed by atoms with Gasteiger partial charge in [0.2, 0.25) is 0 Å². The molecule has 0 aliphatic rings. The second kappa shape index (κ2) is 10.6. The summed E-state index contributed by atoms with van der Waals surface area (Å²) in [6, 6.07) is 7.40. The van der Waals surface area contributed by atoms with Crippen LogP contribution in [0.3, 0.4) is 0 Å². The van der Waals surface area contributed by atoms with Gasteiger partial charge in [-0.05, 0) is 36.8 Å². The minimum Gasteiger partial charge on any atom is -0.463 e. The molecule has 1 aromatic carbocycles. The van der Waals surface area contributed by atoms with Crippen LogP contribution >= 0.6 is 0 Å². The van der Waals surface area contributed by atoms with Crippen LogP contribution in [0.2, 0.25) is 0 Å². The van der Waals surface area contributed by atoms with E-state index in [1.807, 2.05) is 18.2 Å². The maximum absolute atomic E-state index is 11.8. The van der Waals surface area contributed by atoms with Gasteiger partial charge in [-0.25, -0.2) is 9.59 Å². The number of aryl methyl sites for hydroxylation is 1. The molecule has 0 unspecified atom stereocenters. The van der Waals surface area contributed by atoms with Crippen molar-refractivity contribution < 1.29 is 19.1 Å². The lowest BCUT2D eigenvalue weighted by molar-refractivity contribution is -0.138. The highest BCUT2D eigenvalue weighted by Gasteiger charge is 2.07. The Kier molecular flexibility index (Phi) is 8.73. The number of hydrogen-bond donors (Lipinski definition) is 0. The van der Waals surface area contributed by atoms with Gasteiger partial charge in [-0.1, -0.05) is 45.4 Å². The van der Waals surface area contributed by atoms with Gasteiger partial charge in [0.05, 0.1) is 6.61 Å². The molecule has 0 saturated carbocycles. The van der Waals surface area contributed by atoms with Crippen LogP contribution in [-0.4, -0.2) is 18.5 Å². The van der Waals surface area contributed by atoms with Crippen LogP contribution in [0, 0.1) is 5.92 Å². The van der Waals surface area contributed by atoms with Crippen LogP contribution in [-0.2, 0) is 20.7 Å². The number of carbonyl (C=O) groups excluding carboxylic acids is 2. The predicted molar refractivity (Wildman–Crippen MR) is 90.2 cm³/mol. The highest BCUT2D eigenvalue weighted by atomic mass is 16.5. The first-order valence-corrected chi connectivity index (χ1v) is 8.17. The molecule has 0 fully saturated rings. The van der Waals surface area contributed by atoms with E-state index in [0.29, 0.717) is 18.3 Å². The summed E-state index contributed by atoms with van der Waals surface area (Å²) < 4.78 is 10.3. The van der Waals surface area contributed by atoms with Crippen molar-refractivity contribution in [3.8, 4) is 5.75 Å². The topological polar surface area (TPSA) is 52.6 Å². The zero-order valence-corrected chi connectivity index (χ0v) is 14.2. The molecule has 1 aromatic rings. The SMILES string of the molecule is CCCc1ccccc1OC(=O)/C=C/C(=O)OCCCC(C)C. The van der Waals surface area contributed by atoms with E-state index < -0.39 is 11.9 Å². The van der Waals surface area contributed by atoms with Crippen molar-refractivity contribution >= 4 is 11.9 Å². The molecular formula is C19H26O4. The fourth-order valence-corrected chi connectivity index (χ4v) is 2.07. The largest absolute Gasteiger partial charge is 0.463 e. The van der Waals surface area contributed by atoms with Crippen LogP contribution in [0.25, 0.3) is 0 Å². The molecule has 126 valence electrons. The second-order valence-electron chi connectivity index (χ2n) is 5.82. The third-order valence-electron chi connectivity index (χ3n) is 3.23. The van der Waals surface area contributed by atoms with E-state index in [1.165, 1.54) is 0 Å². The van der Waals surface area contributed by atoms with E-state index in [1.54, 1.807) is 6.07 Å². The van der Waals surface area contributed by atoms with Crippen LogP contribution in [0.4, 0.5) is 0 Å². The summed E-state index contributed by atoms with van der Waals surface area (Å²) >= 11 is 0. The molecule has 1 rings (SSSR count). The van der Waals surface area contributed by atoms with Crippen molar-refractivity contribution in [1.29, 1.82) is 0 Å². The van der Waals surface area contributed by atoms with E-state index in [0.717, 1.165) is 43.4 Å². The van der Waals surface area contributed by atoms with Gasteiger partial charge in [0.1, 0.15) is 5.75 Å². The lowest BCUT2D eigenvalue weighted by Gasteiger charge is -2.07. The summed E-state index contributed by atoms with van der Waals surface area (Å²) in [5.41, 5.74) is 0.980.